The topological polar surface area (TPSA) is 78.9 Å². The highest BCUT2D eigenvalue weighted by Crippen LogP contribution is 2.09. The second-order valence-electron chi connectivity index (χ2n) is 5.05. The van der Waals surface area contributed by atoms with E-state index in [4.69, 9.17) is 9.84 Å². The van der Waals surface area contributed by atoms with E-state index < -0.39 is 17.6 Å². The summed E-state index contributed by atoms with van der Waals surface area (Å²) in [4.78, 5) is 24.2. The number of amides is 1. The van der Waals surface area contributed by atoms with E-state index in [1.54, 1.807) is 0 Å². The summed E-state index contributed by atoms with van der Waals surface area (Å²) in [6.07, 6.45) is 0. The van der Waals surface area contributed by atoms with Crippen LogP contribution < -0.4 is 5.32 Å². The predicted octanol–water partition coefficient (Wildman–Crippen LogP) is -0.313. The number of carbonyl (C=O) groups excluding carboxylic acids is 1. The van der Waals surface area contributed by atoms with Crippen LogP contribution in [0.1, 0.15) is 20.8 Å². The van der Waals surface area contributed by atoms with Gasteiger partial charge < -0.3 is 20.1 Å². The Bertz CT molecular complexity index is 298. The zero-order valence-corrected chi connectivity index (χ0v) is 10.5. The first-order valence-electron chi connectivity index (χ1n) is 5.68. The molecule has 2 N–H and O–H groups in total. The monoisotopic (exact) mass is 244 g/mol. The smallest absolute Gasteiger partial charge is 0.327 e. The first-order valence-corrected chi connectivity index (χ1v) is 5.68. The van der Waals surface area contributed by atoms with Crippen LogP contribution in [-0.2, 0) is 14.3 Å². The third-order valence-corrected chi connectivity index (χ3v) is 2.48. The van der Waals surface area contributed by atoms with Gasteiger partial charge in [-0.2, -0.15) is 0 Å². The molecule has 98 valence electrons. The molecular formula is C11H20N2O4. The van der Waals surface area contributed by atoms with Crippen LogP contribution in [0, 0.1) is 0 Å². The Hall–Kier alpha value is -1.14. The number of nitrogens with one attached hydrogen (secondary N) is 1. The lowest BCUT2D eigenvalue weighted by atomic mass is 10.2. The first kappa shape index (κ1) is 13.9. The van der Waals surface area contributed by atoms with Gasteiger partial charge >= 0.3 is 5.97 Å². The molecule has 0 saturated carbocycles. The molecule has 1 aliphatic rings. The average molecular weight is 244 g/mol. The number of carboxylic acid groups (broad SMARTS) is 1. The van der Waals surface area contributed by atoms with Crippen LogP contribution in [0.5, 0.6) is 0 Å². The number of carbonyl (C=O) groups is 2. The second-order valence-corrected chi connectivity index (χ2v) is 5.05. The molecule has 6 nitrogen and oxygen atoms in total. The molecule has 1 aliphatic heterocycles. The van der Waals surface area contributed by atoms with Crippen LogP contribution in [-0.4, -0.2) is 59.8 Å². The van der Waals surface area contributed by atoms with Gasteiger partial charge in [0.25, 0.3) is 0 Å². The molecule has 1 atom stereocenters. The van der Waals surface area contributed by atoms with Crippen LogP contribution >= 0.6 is 0 Å². The van der Waals surface area contributed by atoms with Crippen LogP contribution in [0.25, 0.3) is 0 Å². The molecule has 0 aromatic heterocycles. The van der Waals surface area contributed by atoms with E-state index in [0.29, 0.717) is 13.1 Å². The number of ether oxygens (including phenoxy) is 1. The van der Waals surface area contributed by atoms with Gasteiger partial charge in [-0.15, -0.1) is 0 Å². The molecular weight excluding hydrogens is 224 g/mol. The Morgan fingerprint density at radius 3 is 2.65 bits per heavy atom. The highest BCUT2D eigenvalue weighted by Gasteiger charge is 2.32. The largest absolute Gasteiger partial charge is 0.480 e. The third kappa shape index (κ3) is 4.32. The number of hydrogen-bond donors (Lipinski definition) is 2. The lowest BCUT2D eigenvalue weighted by Crippen LogP contribution is -2.57. The van der Waals surface area contributed by atoms with Gasteiger partial charge in [-0.25, -0.2) is 4.79 Å². The molecule has 0 aromatic rings. The molecule has 0 aliphatic carbocycles. The highest BCUT2D eigenvalue weighted by atomic mass is 16.5. The maximum absolute atomic E-state index is 11.9. The van der Waals surface area contributed by atoms with E-state index in [2.05, 4.69) is 5.32 Å². The molecule has 1 saturated heterocycles. The quantitative estimate of drug-likeness (QED) is 0.711. The molecule has 17 heavy (non-hydrogen) atoms. The summed E-state index contributed by atoms with van der Waals surface area (Å²) in [6, 6.07) is -0.792. The first-order chi connectivity index (χ1) is 7.81. The lowest BCUT2D eigenvalue weighted by Gasteiger charge is -2.34. The fourth-order valence-corrected chi connectivity index (χ4v) is 1.58. The van der Waals surface area contributed by atoms with Crippen LogP contribution in [0.4, 0.5) is 0 Å². The van der Waals surface area contributed by atoms with E-state index in [9.17, 15) is 9.59 Å². The molecule has 0 spiro atoms. The summed E-state index contributed by atoms with van der Waals surface area (Å²) in [6.45, 7) is 6.80. The Labute approximate surface area is 101 Å². The highest BCUT2D eigenvalue weighted by molar-refractivity contribution is 5.84. The van der Waals surface area contributed by atoms with E-state index in [-0.39, 0.29) is 19.1 Å². The Balaban J connectivity index is 2.56. The Morgan fingerprint density at radius 2 is 2.12 bits per heavy atom. The van der Waals surface area contributed by atoms with Gasteiger partial charge in [0.15, 0.2) is 0 Å². The minimum absolute atomic E-state index is 0.0761. The summed E-state index contributed by atoms with van der Waals surface area (Å²) in [7, 11) is 0. The van der Waals surface area contributed by atoms with E-state index in [0.717, 1.165) is 0 Å². The number of carboxylic acids is 1. The van der Waals surface area contributed by atoms with Crippen molar-refractivity contribution < 1.29 is 19.4 Å². The molecule has 1 fully saturated rings. The minimum atomic E-state index is -0.985. The molecule has 6 heteroatoms. The second kappa shape index (κ2) is 5.46. The zero-order chi connectivity index (χ0) is 13.1. The lowest BCUT2D eigenvalue weighted by molar-refractivity contribution is -0.155. The summed E-state index contributed by atoms with van der Waals surface area (Å²) in [5, 5.41) is 12.0. The van der Waals surface area contributed by atoms with Crippen LogP contribution in [0.2, 0.25) is 0 Å². The third-order valence-electron chi connectivity index (χ3n) is 2.48. The van der Waals surface area contributed by atoms with Crippen molar-refractivity contribution in [2.45, 2.75) is 32.4 Å². The van der Waals surface area contributed by atoms with Crippen LogP contribution in [0.3, 0.4) is 0 Å². The summed E-state index contributed by atoms with van der Waals surface area (Å²) < 4.78 is 5.37. The Kier molecular flexibility index (Phi) is 4.47. The molecule has 0 aromatic carbocycles. The number of aliphatic carboxylic acids is 1. The van der Waals surface area contributed by atoms with Crippen molar-refractivity contribution in [3.05, 3.63) is 0 Å². The van der Waals surface area contributed by atoms with Crippen molar-refractivity contribution in [1.82, 2.24) is 10.2 Å². The molecule has 0 radical (unpaired) electrons. The van der Waals surface area contributed by atoms with Crippen molar-refractivity contribution in [2.24, 2.45) is 0 Å². The number of piperazine rings is 1. The maximum atomic E-state index is 11.9. The summed E-state index contributed by atoms with van der Waals surface area (Å²) >= 11 is 0. The van der Waals surface area contributed by atoms with Crippen molar-refractivity contribution in [1.29, 1.82) is 0 Å². The molecule has 1 amide bonds. The van der Waals surface area contributed by atoms with Gasteiger partial charge in [-0.1, -0.05) is 0 Å². The number of rotatable bonds is 3. The van der Waals surface area contributed by atoms with Gasteiger partial charge in [-0.05, 0) is 20.8 Å². The Morgan fingerprint density at radius 1 is 1.47 bits per heavy atom. The van der Waals surface area contributed by atoms with Gasteiger partial charge in [0, 0.05) is 19.6 Å². The molecule has 1 heterocycles. The average Bonchev–Trinajstić information content (AvgIpc) is 2.25. The van der Waals surface area contributed by atoms with Gasteiger partial charge in [0.2, 0.25) is 5.91 Å². The fraction of sp³-hybridized carbons (Fsp3) is 0.818. The van der Waals surface area contributed by atoms with Crippen molar-refractivity contribution in [2.75, 3.05) is 26.2 Å². The van der Waals surface area contributed by atoms with E-state index in [1.807, 2.05) is 20.8 Å². The van der Waals surface area contributed by atoms with E-state index in [1.165, 1.54) is 4.90 Å². The summed E-state index contributed by atoms with van der Waals surface area (Å²) in [5.74, 6) is -1.25. The predicted molar refractivity (Wildman–Crippen MR) is 61.7 cm³/mol. The normalized spacial score (nSPS) is 21.4. The van der Waals surface area contributed by atoms with Crippen molar-refractivity contribution in [3.8, 4) is 0 Å². The molecule has 1 unspecified atom stereocenters. The van der Waals surface area contributed by atoms with E-state index >= 15 is 0 Å². The van der Waals surface area contributed by atoms with Gasteiger partial charge in [0.05, 0.1) is 5.60 Å². The fourth-order valence-electron chi connectivity index (χ4n) is 1.58. The van der Waals surface area contributed by atoms with Crippen molar-refractivity contribution >= 4 is 11.9 Å². The van der Waals surface area contributed by atoms with Gasteiger partial charge in [-0.3, -0.25) is 4.79 Å². The van der Waals surface area contributed by atoms with Gasteiger partial charge in [0.1, 0.15) is 12.6 Å². The maximum Gasteiger partial charge on any atom is 0.327 e. The zero-order valence-electron chi connectivity index (χ0n) is 10.5. The standard InChI is InChI=1S/C11H20N2O4/c1-11(2,3)17-7-9(14)13-5-4-12-6-8(13)10(15)16/h8,12H,4-7H2,1-3H3,(H,15,16). The summed E-state index contributed by atoms with van der Waals surface area (Å²) in [5.41, 5.74) is -0.400. The molecule has 1 rings (SSSR count). The molecule has 0 bridgehead atoms. The SMILES string of the molecule is CC(C)(C)OCC(=O)N1CCNCC1C(=O)O. The number of hydrogen-bond acceptors (Lipinski definition) is 4. The van der Waals surface area contributed by atoms with Crippen LogP contribution in [0.15, 0.2) is 0 Å². The number of nitrogens with zero attached hydrogens (tertiary/aromatic N) is 1. The van der Waals surface area contributed by atoms with Crippen molar-refractivity contribution in [3.63, 3.8) is 0 Å². The minimum Gasteiger partial charge on any atom is -0.480 e.